The monoisotopic (exact) mass is 262 g/mol. The van der Waals surface area contributed by atoms with Crippen LogP contribution in [0.1, 0.15) is 19.4 Å². The van der Waals surface area contributed by atoms with E-state index < -0.39 is 0 Å². The van der Waals surface area contributed by atoms with Crippen LogP contribution in [-0.4, -0.2) is 13.1 Å². The first kappa shape index (κ1) is 13.1. The highest BCUT2D eigenvalue weighted by Gasteiger charge is 2.07. The Morgan fingerprint density at radius 2 is 1.94 bits per heavy atom. The molecule has 0 spiro atoms. The van der Waals surface area contributed by atoms with E-state index in [1.54, 1.807) is 0 Å². The molecular formula is C14H18N2OS. The van der Waals surface area contributed by atoms with Crippen LogP contribution in [0.5, 0.6) is 0 Å². The number of fused-ring (bicyclic) bond motifs is 1. The van der Waals surface area contributed by atoms with E-state index in [2.05, 4.69) is 30.9 Å². The quantitative estimate of drug-likeness (QED) is 0.857. The fraction of sp³-hybridized carbons (Fsp3) is 0.357. The number of anilines is 1. The van der Waals surface area contributed by atoms with Gasteiger partial charge in [0, 0.05) is 36.8 Å². The highest BCUT2D eigenvalue weighted by Crippen LogP contribution is 2.25. The molecule has 0 saturated carbocycles. The van der Waals surface area contributed by atoms with Gasteiger partial charge in [-0.05, 0) is 49.8 Å². The lowest BCUT2D eigenvalue weighted by Crippen LogP contribution is -2.21. The second-order valence-electron chi connectivity index (χ2n) is 4.15. The van der Waals surface area contributed by atoms with Crippen LogP contribution < -0.4 is 10.6 Å². The third-order valence-electron chi connectivity index (χ3n) is 3.16. The Hall–Kier alpha value is -1.39. The van der Waals surface area contributed by atoms with Gasteiger partial charge in [0.15, 0.2) is 4.71 Å². The molecule has 0 aliphatic carbocycles. The molecule has 1 heterocycles. The SMILES string of the molecule is CCN(CC)c1ccc2c(CN)cc(=S)oc2c1. The Morgan fingerprint density at radius 3 is 2.56 bits per heavy atom. The van der Waals surface area contributed by atoms with E-state index in [4.69, 9.17) is 22.4 Å². The first-order valence-electron chi connectivity index (χ1n) is 6.21. The Balaban J connectivity index is 2.61. The zero-order valence-electron chi connectivity index (χ0n) is 10.8. The van der Waals surface area contributed by atoms with Crippen molar-refractivity contribution in [3.05, 3.63) is 34.5 Å². The minimum Gasteiger partial charge on any atom is -0.445 e. The number of nitrogens with zero attached hydrogens (tertiary/aromatic N) is 1. The molecule has 0 unspecified atom stereocenters. The van der Waals surface area contributed by atoms with Crippen LogP contribution in [0.2, 0.25) is 0 Å². The predicted molar refractivity (Wildman–Crippen MR) is 78.5 cm³/mol. The smallest absolute Gasteiger partial charge is 0.191 e. The number of hydrogen-bond acceptors (Lipinski definition) is 4. The van der Waals surface area contributed by atoms with Gasteiger partial charge < -0.3 is 15.1 Å². The minimum atomic E-state index is 0.473. The van der Waals surface area contributed by atoms with Crippen molar-refractivity contribution in [3.8, 4) is 0 Å². The van der Waals surface area contributed by atoms with Gasteiger partial charge in [-0.15, -0.1) is 0 Å². The minimum absolute atomic E-state index is 0.473. The van der Waals surface area contributed by atoms with Crippen molar-refractivity contribution >= 4 is 28.9 Å². The van der Waals surface area contributed by atoms with Crippen molar-refractivity contribution < 1.29 is 4.42 Å². The molecule has 1 aromatic carbocycles. The predicted octanol–water partition coefficient (Wildman–Crippen LogP) is 3.47. The Kier molecular flexibility index (Phi) is 3.99. The molecule has 18 heavy (non-hydrogen) atoms. The average Bonchev–Trinajstić information content (AvgIpc) is 2.38. The largest absolute Gasteiger partial charge is 0.445 e. The first-order valence-corrected chi connectivity index (χ1v) is 6.62. The highest BCUT2D eigenvalue weighted by atomic mass is 32.1. The lowest BCUT2D eigenvalue weighted by molar-refractivity contribution is 0.584. The van der Waals surface area contributed by atoms with Crippen LogP contribution in [0.25, 0.3) is 11.0 Å². The summed E-state index contributed by atoms with van der Waals surface area (Å²) in [5, 5.41) is 1.04. The molecule has 2 aromatic rings. The van der Waals surface area contributed by atoms with E-state index in [0.717, 1.165) is 35.3 Å². The van der Waals surface area contributed by atoms with E-state index in [-0.39, 0.29) is 0 Å². The summed E-state index contributed by atoms with van der Waals surface area (Å²) in [6, 6.07) is 8.03. The van der Waals surface area contributed by atoms with Gasteiger partial charge in [-0.1, -0.05) is 0 Å². The molecular weight excluding hydrogens is 244 g/mol. The lowest BCUT2D eigenvalue weighted by Gasteiger charge is -2.21. The second-order valence-corrected chi connectivity index (χ2v) is 4.55. The van der Waals surface area contributed by atoms with Gasteiger partial charge in [0.2, 0.25) is 0 Å². The fourth-order valence-corrected chi connectivity index (χ4v) is 2.40. The van der Waals surface area contributed by atoms with Gasteiger partial charge in [-0.25, -0.2) is 0 Å². The zero-order chi connectivity index (χ0) is 13.1. The summed E-state index contributed by atoms with van der Waals surface area (Å²) in [5.74, 6) is 0. The summed E-state index contributed by atoms with van der Waals surface area (Å²) in [4.78, 5) is 2.27. The number of rotatable bonds is 4. The van der Waals surface area contributed by atoms with E-state index in [1.807, 2.05) is 12.1 Å². The Morgan fingerprint density at radius 1 is 1.22 bits per heavy atom. The Bertz CT molecular complexity index is 602. The molecule has 0 aliphatic heterocycles. The van der Waals surface area contributed by atoms with Gasteiger partial charge in [0.1, 0.15) is 5.58 Å². The van der Waals surface area contributed by atoms with Crippen LogP contribution >= 0.6 is 12.2 Å². The summed E-state index contributed by atoms with van der Waals surface area (Å²) in [5.41, 5.74) is 8.74. The zero-order valence-corrected chi connectivity index (χ0v) is 11.6. The third kappa shape index (κ3) is 2.40. The van der Waals surface area contributed by atoms with Crippen molar-refractivity contribution in [2.24, 2.45) is 5.73 Å². The average molecular weight is 262 g/mol. The first-order chi connectivity index (χ1) is 8.69. The maximum atomic E-state index is 5.74. The third-order valence-corrected chi connectivity index (χ3v) is 3.36. The van der Waals surface area contributed by atoms with Gasteiger partial charge >= 0.3 is 0 Å². The normalized spacial score (nSPS) is 10.8. The number of nitrogens with two attached hydrogens (primary N) is 1. The van der Waals surface area contributed by atoms with Gasteiger partial charge in [-0.2, -0.15) is 0 Å². The van der Waals surface area contributed by atoms with Crippen LogP contribution in [0, 0.1) is 4.71 Å². The molecule has 0 radical (unpaired) electrons. The maximum Gasteiger partial charge on any atom is 0.191 e. The lowest BCUT2D eigenvalue weighted by atomic mass is 10.1. The molecule has 3 nitrogen and oxygen atoms in total. The molecule has 96 valence electrons. The van der Waals surface area contributed by atoms with E-state index in [1.165, 1.54) is 0 Å². The molecule has 0 bridgehead atoms. The molecule has 0 atom stereocenters. The molecule has 2 N–H and O–H groups in total. The number of hydrogen-bond donors (Lipinski definition) is 1. The van der Waals surface area contributed by atoms with Gasteiger partial charge in [0.25, 0.3) is 0 Å². The summed E-state index contributed by atoms with van der Waals surface area (Å²) < 4.78 is 6.10. The Labute approximate surface area is 112 Å². The molecule has 1 aromatic heterocycles. The van der Waals surface area contributed by atoms with Crippen LogP contribution in [0.4, 0.5) is 5.69 Å². The number of benzene rings is 1. The van der Waals surface area contributed by atoms with E-state index in [9.17, 15) is 0 Å². The van der Waals surface area contributed by atoms with E-state index >= 15 is 0 Å². The fourth-order valence-electron chi connectivity index (χ4n) is 2.17. The van der Waals surface area contributed by atoms with Crippen molar-refractivity contribution in [1.82, 2.24) is 0 Å². The molecule has 0 saturated heterocycles. The highest BCUT2D eigenvalue weighted by molar-refractivity contribution is 7.71. The molecule has 4 heteroatoms. The molecule has 0 fully saturated rings. The molecule has 2 rings (SSSR count). The van der Waals surface area contributed by atoms with Crippen LogP contribution in [0.3, 0.4) is 0 Å². The standard InChI is InChI=1S/C14H18N2OS/c1-3-16(4-2)11-5-6-12-10(9-15)7-14(18)17-13(12)8-11/h5-8H,3-4,9,15H2,1-2H3. The topological polar surface area (TPSA) is 42.4 Å². The van der Waals surface area contributed by atoms with Gasteiger partial charge in [0.05, 0.1) is 0 Å². The molecule has 0 aliphatic rings. The summed E-state index contributed by atoms with van der Waals surface area (Å²) in [6.07, 6.45) is 0. The van der Waals surface area contributed by atoms with E-state index in [0.29, 0.717) is 11.3 Å². The summed E-state index contributed by atoms with van der Waals surface area (Å²) in [6.45, 7) is 6.69. The van der Waals surface area contributed by atoms with Crippen molar-refractivity contribution in [1.29, 1.82) is 0 Å². The van der Waals surface area contributed by atoms with Crippen LogP contribution in [-0.2, 0) is 6.54 Å². The van der Waals surface area contributed by atoms with Gasteiger partial charge in [-0.3, -0.25) is 0 Å². The van der Waals surface area contributed by atoms with Crippen LogP contribution in [0.15, 0.2) is 28.7 Å². The second kappa shape index (κ2) is 5.50. The van der Waals surface area contributed by atoms with Crippen molar-refractivity contribution in [2.45, 2.75) is 20.4 Å². The van der Waals surface area contributed by atoms with Crippen molar-refractivity contribution in [2.75, 3.05) is 18.0 Å². The van der Waals surface area contributed by atoms with Crippen molar-refractivity contribution in [3.63, 3.8) is 0 Å². The summed E-state index contributed by atoms with van der Waals surface area (Å²) >= 11 is 5.12. The maximum absolute atomic E-state index is 5.74. The summed E-state index contributed by atoms with van der Waals surface area (Å²) in [7, 11) is 0. The molecule has 0 amide bonds.